The summed E-state index contributed by atoms with van der Waals surface area (Å²) in [5.74, 6) is -0.838. The number of carbonyl (C=O) groups excluding carboxylic acids is 1. The zero-order chi connectivity index (χ0) is 15.2. The quantitative estimate of drug-likeness (QED) is 0.758. The first kappa shape index (κ1) is 17.1. The molecule has 116 valence electrons. The minimum absolute atomic E-state index is 0.0443. The van der Waals surface area contributed by atoms with E-state index in [9.17, 15) is 9.59 Å². The molecule has 0 spiro atoms. The number of carbonyl (C=O) groups is 2. The molecule has 0 aromatic rings. The van der Waals surface area contributed by atoms with Crippen LogP contribution in [0.1, 0.15) is 46.0 Å². The summed E-state index contributed by atoms with van der Waals surface area (Å²) in [6.07, 6.45) is 5.80. The van der Waals surface area contributed by atoms with E-state index in [-0.39, 0.29) is 23.2 Å². The molecule has 1 atom stereocenters. The number of nitrogens with one attached hydrogen (secondary N) is 1. The fraction of sp³-hybridized carbons (Fsp3) is 0.857. The smallest absolute Gasteiger partial charge is 0.317 e. The van der Waals surface area contributed by atoms with E-state index in [1.807, 2.05) is 0 Å². The van der Waals surface area contributed by atoms with E-state index < -0.39 is 5.97 Å². The first-order chi connectivity index (χ1) is 9.48. The van der Waals surface area contributed by atoms with Gasteiger partial charge in [0.1, 0.15) is 0 Å². The molecule has 1 aliphatic heterocycles. The molecule has 0 aromatic heterocycles. The summed E-state index contributed by atoms with van der Waals surface area (Å²) in [5.41, 5.74) is 0. The van der Waals surface area contributed by atoms with Crippen LogP contribution in [0.25, 0.3) is 0 Å². The Kier molecular flexibility index (Phi) is 6.65. The highest BCUT2D eigenvalue weighted by atomic mass is 32.2. The van der Waals surface area contributed by atoms with Gasteiger partial charge in [0.2, 0.25) is 0 Å². The third-order valence-corrected chi connectivity index (χ3v) is 5.92. The van der Waals surface area contributed by atoms with Crippen molar-refractivity contribution in [1.29, 1.82) is 0 Å². The van der Waals surface area contributed by atoms with Gasteiger partial charge in [-0.3, -0.25) is 4.79 Å². The van der Waals surface area contributed by atoms with Crippen LogP contribution in [0, 0.1) is 0 Å². The highest BCUT2D eigenvalue weighted by molar-refractivity contribution is 8.00. The van der Waals surface area contributed by atoms with Gasteiger partial charge in [-0.25, -0.2) is 4.79 Å². The molecule has 1 fully saturated rings. The number of aliphatic carboxylic acids is 1. The third-order valence-electron chi connectivity index (χ3n) is 4.33. The maximum atomic E-state index is 12.2. The maximum Gasteiger partial charge on any atom is 0.317 e. The van der Waals surface area contributed by atoms with Crippen molar-refractivity contribution >= 4 is 23.8 Å². The number of likely N-dealkylation sites (tertiary alicyclic amines) is 1. The average molecular weight is 302 g/mol. The van der Waals surface area contributed by atoms with Gasteiger partial charge in [0, 0.05) is 23.9 Å². The predicted octanol–water partition coefficient (Wildman–Crippen LogP) is 2.56. The fourth-order valence-electron chi connectivity index (χ4n) is 2.72. The Hall–Kier alpha value is -0.910. The van der Waals surface area contributed by atoms with E-state index in [2.05, 4.69) is 25.4 Å². The maximum absolute atomic E-state index is 12.2. The van der Waals surface area contributed by atoms with Crippen LogP contribution in [0.4, 0.5) is 4.79 Å². The molecule has 1 aliphatic rings. The number of hydrogen-bond acceptors (Lipinski definition) is 3. The van der Waals surface area contributed by atoms with Crippen molar-refractivity contribution in [2.24, 2.45) is 0 Å². The number of nitrogens with zero attached hydrogens (tertiary/aromatic N) is 1. The van der Waals surface area contributed by atoms with E-state index in [0.29, 0.717) is 13.1 Å². The van der Waals surface area contributed by atoms with Gasteiger partial charge < -0.3 is 15.3 Å². The molecule has 0 bridgehead atoms. The second kappa shape index (κ2) is 7.76. The van der Waals surface area contributed by atoms with Crippen LogP contribution >= 0.6 is 11.8 Å². The topological polar surface area (TPSA) is 69.6 Å². The average Bonchev–Trinajstić information content (AvgIpc) is 2.88. The highest BCUT2D eigenvalue weighted by Gasteiger charge is 2.32. The Morgan fingerprint density at radius 1 is 1.40 bits per heavy atom. The van der Waals surface area contributed by atoms with E-state index in [1.165, 1.54) is 0 Å². The lowest BCUT2D eigenvalue weighted by atomic mass is 10.0. The van der Waals surface area contributed by atoms with Crippen LogP contribution in [0.2, 0.25) is 0 Å². The number of hydrogen-bond donors (Lipinski definition) is 2. The van der Waals surface area contributed by atoms with Crippen LogP contribution in [0.3, 0.4) is 0 Å². The standard InChI is InChI=1S/C14H26N2O3S/c1-4-14(5-2,20-3)10-15-13(19)16-8-6-7-11(16)9-12(17)18/h11H,4-10H2,1-3H3,(H,15,19)(H,17,18). The molecule has 1 saturated heterocycles. The van der Waals surface area contributed by atoms with Gasteiger partial charge in [-0.1, -0.05) is 13.8 Å². The number of thioether (sulfide) groups is 1. The van der Waals surface area contributed by atoms with Crippen molar-refractivity contribution in [3.8, 4) is 0 Å². The molecule has 0 radical (unpaired) electrons. The summed E-state index contributed by atoms with van der Waals surface area (Å²) in [6, 6.07) is -0.270. The van der Waals surface area contributed by atoms with Gasteiger partial charge in [-0.15, -0.1) is 0 Å². The van der Waals surface area contributed by atoms with Crippen molar-refractivity contribution in [2.45, 2.75) is 56.7 Å². The zero-order valence-corrected chi connectivity index (χ0v) is 13.5. The van der Waals surface area contributed by atoms with Crippen molar-refractivity contribution in [2.75, 3.05) is 19.3 Å². The Balaban J connectivity index is 2.55. The van der Waals surface area contributed by atoms with Crippen LogP contribution in [-0.4, -0.2) is 52.1 Å². The molecule has 2 N–H and O–H groups in total. The Labute approximate surface area is 125 Å². The molecule has 0 saturated carbocycles. The normalized spacial score (nSPS) is 19.1. The Morgan fingerprint density at radius 2 is 2.05 bits per heavy atom. The van der Waals surface area contributed by atoms with Crippen LogP contribution in [0.15, 0.2) is 0 Å². The largest absolute Gasteiger partial charge is 0.481 e. The monoisotopic (exact) mass is 302 g/mol. The number of amides is 2. The van der Waals surface area contributed by atoms with Crippen molar-refractivity contribution < 1.29 is 14.7 Å². The van der Waals surface area contributed by atoms with Gasteiger partial charge in [-0.2, -0.15) is 11.8 Å². The lowest BCUT2D eigenvalue weighted by Gasteiger charge is -2.32. The van der Waals surface area contributed by atoms with Crippen LogP contribution in [-0.2, 0) is 4.79 Å². The highest BCUT2D eigenvalue weighted by Crippen LogP contribution is 2.29. The van der Waals surface area contributed by atoms with Crippen molar-refractivity contribution in [3.05, 3.63) is 0 Å². The first-order valence-electron chi connectivity index (χ1n) is 7.29. The van der Waals surface area contributed by atoms with Crippen molar-refractivity contribution in [1.82, 2.24) is 10.2 Å². The van der Waals surface area contributed by atoms with E-state index >= 15 is 0 Å². The van der Waals surface area contributed by atoms with Crippen LogP contribution < -0.4 is 5.32 Å². The van der Waals surface area contributed by atoms with Crippen LogP contribution in [0.5, 0.6) is 0 Å². The minimum Gasteiger partial charge on any atom is -0.481 e. The van der Waals surface area contributed by atoms with E-state index in [0.717, 1.165) is 25.7 Å². The summed E-state index contributed by atoms with van der Waals surface area (Å²) in [6.45, 7) is 5.56. The molecule has 2 amide bonds. The molecule has 1 heterocycles. The molecule has 5 nitrogen and oxygen atoms in total. The first-order valence-corrected chi connectivity index (χ1v) is 8.52. The molecule has 0 aliphatic carbocycles. The van der Waals surface area contributed by atoms with E-state index in [1.54, 1.807) is 16.7 Å². The lowest BCUT2D eigenvalue weighted by Crippen LogP contribution is -2.48. The zero-order valence-electron chi connectivity index (χ0n) is 12.6. The summed E-state index contributed by atoms with van der Waals surface area (Å²) < 4.78 is 0.0810. The number of carboxylic acid groups (broad SMARTS) is 1. The molecule has 20 heavy (non-hydrogen) atoms. The molecule has 1 rings (SSSR count). The van der Waals surface area contributed by atoms with Gasteiger partial charge in [0.25, 0.3) is 0 Å². The van der Waals surface area contributed by atoms with Gasteiger partial charge >= 0.3 is 12.0 Å². The Morgan fingerprint density at radius 3 is 2.55 bits per heavy atom. The number of carboxylic acids is 1. The van der Waals surface area contributed by atoms with Gasteiger partial charge in [0.15, 0.2) is 0 Å². The fourth-order valence-corrected chi connectivity index (χ4v) is 3.51. The van der Waals surface area contributed by atoms with Gasteiger partial charge in [-0.05, 0) is 31.9 Å². The summed E-state index contributed by atoms with van der Waals surface area (Å²) in [7, 11) is 0. The molecule has 6 heteroatoms. The molecular formula is C14H26N2O3S. The predicted molar refractivity (Wildman–Crippen MR) is 82.2 cm³/mol. The SMILES string of the molecule is CCC(CC)(CNC(=O)N1CCCC1CC(=O)O)SC. The number of rotatable bonds is 7. The minimum atomic E-state index is -0.838. The van der Waals surface area contributed by atoms with Crippen molar-refractivity contribution in [3.63, 3.8) is 0 Å². The summed E-state index contributed by atoms with van der Waals surface area (Å²) in [5, 5.41) is 11.9. The third kappa shape index (κ3) is 4.30. The number of urea groups is 1. The van der Waals surface area contributed by atoms with E-state index in [4.69, 9.17) is 5.11 Å². The lowest BCUT2D eigenvalue weighted by molar-refractivity contribution is -0.137. The Bertz CT molecular complexity index is 337. The van der Waals surface area contributed by atoms with Gasteiger partial charge in [0.05, 0.1) is 6.42 Å². The second-order valence-electron chi connectivity index (χ2n) is 5.34. The molecule has 1 unspecified atom stereocenters. The molecular weight excluding hydrogens is 276 g/mol. The summed E-state index contributed by atoms with van der Waals surface area (Å²) in [4.78, 5) is 24.7. The molecule has 0 aromatic carbocycles. The summed E-state index contributed by atoms with van der Waals surface area (Å²) >= 11 is 1.79. The second-order valence-corrected chi connectivity index (χ2v) is 6.61.